The van der Waals surface area contributed by atoms with Gasteiger partial charge in [-0.2, -0.15) is 0 Å². The van der Waals surface area contributed by atoms with Crippen molar-refractivity contribution in [3.63, 3.8) is 0 Å². The van der Waals surface area contributed by atoms with Gasteiger partial charge < -0.3 is 5.32 Å². The van der Waals surface area contributed by atoms with Crippen molar-refractivity contribution in [1.82, 2.24) is 5.32 Å². The van der Waals surface area contributed by atoms with Gasteiger partial charge in [-0.25, -0.2) is 12.8 Å². The predicted octanol–water partition coefficient (Wildman–Crippen LogP) is 2.07. The highest BCUT2D eigenvalue weighted by Gasteiger charge is 2.05. The van der Waals surface area contributed by atoms with Crippen LogP contribution < -0.4 is 5.32 Å². The Bertz CT molecular complexity index is 489. The van der Waals surface area contributed by atoms with Gasteiger partial charge in [0.25, 0.3) is 0 Å². The first-order chi connectivity index (χ1) is 8.40. The minimum atomic E-state index is -2.96. The second-order valence-corrected chi connectivity index (χ2v) is 7.48. The average Bonchev–Trinajstić information content (AvgIpc) is 2.24. The van der Waals surface area contributed by atoms with E-state index >= 15 is 0 Å². The zero-order chi connectivity index (χ0) is 13.6. The number of hydrogen-bond acceptors (Lipinski definition) is 4. The topological polar surface area (TPSA) is 46.2 Å². The second kappa shape index (κ2) is 7.11. The zero-order valence-electron chi connectivity index (χ0n) is 10.6. The molecular weight excluding hydrogens is 273 g/mol. The van der Waals surface area contributed by atoms with Crippen LogP contribution in [0.25, 0.3) is 0 Å². The molecule has 0 aliphatic carbocycles. The fraction of sp³-hybridized carbons (Fsp3) is 0.500. The molecule has 0 spiro atoms. The molecule has 1 N–H and O–H groups in total. The van der Waals surface area contributed by atoms with Crippen molar-refractivity contribution >= 4 is 21.6 Å². The molecule has 0 radical (unpaired) electrons. The van der Waals surface area contributed by atoms with Crippen LogP contribution in [0.5, 0.6) is 0 Å². The first kappa shape index (κ1) is 15.5. The first-order valence-corrected chi connectivity index (χ1v) is 8.76. The van der Waals surface area contributed by atoms with E-state index in [4.69, 9.17) is 0 Å². The van der Waals surface area contributed by atoms with Crippen LogP contribution in [-0.4, -0.2) is 32.7 Å². The molecule has 0 aliphatic rings. The molecule has 6 heteroatoms. The lowest BCUT2D eigenvalue weighted by atomic mass is 10.2. The Labute approximate surface area is 112 Å². The van der Waals surface area contributed by atoms with E-state index in [-0.39, 0.29) is 11.6 Å². The van der Waals surface area contributed by atoms with Crippen LogP contribution in [-0.2, 0) is 16.4 Å². The largest absolute Gasteiger partial charge is 0.313 e. The molecule has 3 nitrogen and oxygen atoms in total. The van der Waals surface area contributed by atoms with E-state index < -0.39 is 9.84 Å². The van der Waals surface area contributed by atoms with Gasteiger partial charge in [0.2, 0.25) is 0 Å². The van der Waals surface area contributed by atoms with Crippen LogP contribution in [0.2, 0.25) is 0 Å². The maximum absolute atomic E-state index is 13.4. The van der Waals surface area contributed by atoms with E-state index in [1.54, 1.807) is 0 Å². The zero-order valence-corrected chi connectivity index (χ0v) is 12.2. The van der Waals surface area contributed by atoms with E-state index in [0.717, 1.165) is 17.0 Å². The van der Waals surface area contributed by atoms with Gasteiger partial charge in [0.15, 0.2) is 0 Å². The summed E-state index contributed by atoms with van der Waals surface area (Å²) in [6.45, 7) is 3.43. The van der Waals surface area contributed by atoms with Crippen LogP contribution in [0, 0.1) is 5.82 Å². The van der Waals surface area contributed by atoms with Gasteiger partial charge in [0.05, 0.1) is 5.75 Å². The van der Waals surface area contributed by atoms with Gasteiger partial charge in [-0.1, -0.05) is 6.92 Å². The van der Waals surface area contributed by atoms with Gasteiger partial charge >= 0.3 is 0 Å². The standard InChI is InChI=1S/C12H18FNO2S2/c1-3-14-9-10-6-11(13)8-12(7-10)17-4-5-18(2,15)16/h6-8,14H,3-5,9H2,1-2H3. The van der Waals surface area contributed by atoms with E-state index in [9.17, 15) is 12.8 Å². The third kappa shape index (κ3) is 6.37. The summed E-state index contributed by atoms with van der Waals surface area (Å²) < 4.78 is 35.4. The molecule has 0 saturated heterocycles. The van der Waals surface area contributed by atoms with Gasteiger partial charge in [0.1, 0.15) is 15.7 Å². The SMILES string of the molecule is CCNCc1cc(F)cc(SCCS(C)(=O)=O)c1. The minimum Gasteiger partial charge on any atom is -0.313 e. The van der Waals surface area contributed by atoms with Crippen molar-refractivity contribution in [1.29, 1.82) is 0 Å². The van der Waals surface area contributed by atoms with Crippen molar-refractivity contribution in [2.24, 2.45) is 0 Å². The van der Waals surface area contributed by atoms with Gasteiger partial charge in [-0.05, 0) is 30.3 Å². The summed E-state index contributed by atoms with van der Waals surface area (Å²) >= 11 is 1.36. The molecule has 1 aromatic carbocycles. The Hall–Kier alpha value is -0.590. The van der Waals surface area contributed by atoms with E-state index in [1.807, 2.05) is 13.0 Å². The molecule has 0 atom stereocenters. The average molecular weight is 291 g/mol. The van der Waals surface area contributed by atoms with Crippen LogP contribution in [0.3, 0.4) is 0 Å². The molecule has 0 aromatic heterocycles. The fourth-order valence-corrected chi connectivity index (χ4v) is 3.60. The summed E-state index contributed by atoms with van der Waals surface area (Å²) in [6, 6.07) is 4.81. The maximum Gasteiger partial charge on any atom is 0.148 e. The molecular formula is C12H18FNO2S2. The number of sulfone groups is 1. The summed E-state index contributed by atoms with van der Waals surface area (Å²) in [5.41, 5.74) is 0.874. The van der Waals surface area contributed by atoms with Crippen LogP contribution in [0.4, 0.5) is 4.39 Å². The highest BCUT2D eigenvalue weighted by Crippen LogP contribution is 2.21. The van der Waals surface area contributed by atoms with Crippen molar-refractivity contribution in [2.45, 2.75) is 18.4 Å². The van der Waals surface area contributed by atoms with E-state index in [0.29, 0.717) is 12.3 Å². The van der Waals surface area contributed by atoms with E-state index in [1.165, 1.54) is 30.2 Å². The highest BCUT2D eigenvalue weighted by atomic mass is 32.2. The quantitative estimate of drug-likeness (QED) is 0.781. The monoisotopic (exact) mass is 291 g/mol. The molecule has 102 valence electrons. The van der Waals surface area contributed by atoms with Gasteiger partial charge in [0, 0.05) is 23.4 Å². The molecule has 0 saturated carbocycles. The van der Waals surface area contributed by atoms with Crippen molar-refractivity contribution in [2.75, 3.05) is 24.3 Å². The normalized spacial score (nSPS) is 11.7. The maximum atomic E-state index is 13.4. The van der Waals surface area contributed by atoms with Gasteiger partial charge in [-0.3, -0.25) is 0 Å². The molecule has 0 amide bonds. The Balaban J connectivity index is 2.62. The summed E-state index contributed by atoms with van der Waals surface area (Å²) in [6.07, 6.45) is 1.20. The Morgan fingerprint density at radius 3 is 2.67 bits per heavy atom. The molecule has 1 rings (SSSR count). The summed E-state index contributed by atoms with van der Waals surface area (Å²) in [5, 5.41) is 3.13. The van der Waals surface area contributed by atoms with Crippen molar-refractivity contribution in [3.05, 3.63) is 29.6 Å². The lowest BCUT2D eigenvalue weighted by molar-refractivity contribution is 0.603. The molecule has 0 bridgehead atoms. The lowest BCUT2D eigenvalue weighted by Crippen LogP contribution is -2.12. The summed E-state index contributed by atoms with van der Waals surface area (Å²) in [4.78, 5) is 0.770. The number of halogens is 1. The molecule has 0 unspecified atom stereocenters. The highest BCUT2D eigenvalue weighted by molar-refractivity contribution is 8.00. The van der Waals surface area contributed by atoms with Crippen molar-refractivity contribution in [3.8, 4) is 0 Å². The first-order valence-electron chi connectivity index (χ1n) is 5.71. The van der Waals surface area contributed by atoms with Crippen LogP contribution >= 0.6 is 11.8 Å². The number of nitrogens with one attached hydrogen (secondary N) is 1. The fourth-order valence-electron chi connectivity index (χ4n) is 1.39. The van der Waals surface area contributed by atoms with E-state index in [2.05, 4.69) is 5.32 Å². The molecule has 0 heterocycles. The second-order valence-electron chi connectivity index (χ2n) is 4.05. The molecule has 18 heavy (non-hydrogen) atoms. The summed E-state index contributed by atoms with van der Waals surface area (Å²) in [5.74, 6) is 0.270. The number of benzene rings is 1. The summed E-state index contributed by atoms with van der Waals surface area (Å²) in [7, 11) is -2.96. The molecule has 1 aromatic rings. The number of rotatable bonds is 7. The van der Waals surface area contributed by atoms with Crippen LogP contribution in [0.15, 0.2) is 23.1 Å². The van der Waals surface area contributed by atoms with Crippen molar-refractivity contribution < 1.29 is 12.8 Å². The molecule has 0 aliphatic heterocycles. The minimum absolute atomic E-state index is 0.108. The third-order valence-corrected chi connectivity index (χ3v) is 4.41. The number of hydrogen-bond donors (Lipinski definition) is 1. The predicted molar refractivity (Wildman–Crippen MR) is 74.2 cm³/mol. The number of thioether (sulfide) groups is 1. The van der Waals surface area contributed by atoms with Crippen LogP contribution in [0.1, 0.15) is 12.5 Å². The Kier molecular flexibility index (Phi) is 6.11. The molecule has 0 fully saturated rings. The Morgan fingerprint density at radius 2 is 2.06 bits per heavy atom. The third-order valence-electron chi connectivity index (χ3n) is 2.23. The van der Waals surface area contributed by atoms with Gasteiger partial charge in [-0.15, -0.1) is 11.8 Å². The smallest absolute Gasteiger partial charge is 0.148 e. The lowest BCUT2D eigenvalue weighted by Gasteiger charge is -2.06. The Morgan fingerprint density at radius 1 is 1.33 bits per heavy atom.